The molecule has 1 aromatic carbocycles. The summed E-state index contributed by atoms with van der Waals surface area (Å²) in [5.74, 6) is -3.27. The minimum atomic E-state index is -1.16. The van der Waals surface area contributed by atoms with Crippen LogP contribution in [-0.2, 0) is 28.7 Å². The number of likely N-dealkylation sites (tertiary alicyclic amines) is 2. The van der Waals surface area contributed by atoms with E-state index in [2.05, 4.69) is 12.2 Å². The van der Waals surface area contributed by atoms with E-state index in [4.69, 9.17) is 4.74 Å². The van der Waals surface area contributed by atoms with Crippen LogP contribution in [-0.4, -0.2) is 64.4 Å². The molecule has 4 aliphatic carbocycles. The molecule has 9 unspecified atom stereocenters. The third-order valence-electron chi connectivity index (χ3n) is 10.9. The monoisotopic (exact) mass is 584 g/mol. The van der Waals surface area contributed by atoms with Crippen LogP contribution >= 0.6 is 0 Å². The average molecular weight is 585 g/mol. The fourth-order valence-corrected chi connectivity index (χ4v) is 8.61. The topological polar surface area (TPSA) is 118 Å². The largest absolute Gasteiger partial charge is 0.456 e. The zero-order valence-electron chi connectivity index (χ0n) is 24.4. The molecule has 4 fully saturated rings. The molecule has 9 nitrogen and oxygen atoms in total. The highest BCUT2D eigenvalue weighted by atomic mass is 16.5. The molecule has 9 atom stereocenters. The maximum atomic E-state index is 13.6. The molecule has 2 saturated heterocycles. The molecule has 2 aliphatic heterocycles. The van der Waals surface area contributed by atoms with Gasteiger partial charge in [-0.3, -0.25) is 33.8 Å². The number of aryl methyl sites for hydroxylation is 2. The normalized spacial score (nSPS) is 33.6. The number of hydrogen-bond donors (Lipinski definition) is 0. The summed E-state index contributed by atoms with van der Waals surface area (Å²) in [7, 11) is 0. The molecule has 43 heavy (non-hydrogen) atoms. The summed E-state index contributed by atoms with van der Waals surface area (Å²) in [6.07, 6.45) is 10.7. The molecule has 2 saturated carbocycles. The molecule has 0 spiro atoms. The predicted molar refractivity (Wildman–Crippen MR) is 153 cm³/mol. The minimum absolute atomic E-state index is 0.00380. The Balaban J connectivity index is 1.02. The first kappa shape index (κ1) is 27.9. The SMILES string of the molecule is Cc1ccc(C(=O)COC(=O)C(CCCCN2C(=O)C3C4C=CC(C4)C3C2=O)N2C(=O)C3C4C=CC(C4)C3C2=O)cc1C. The smallest absolute Gasteiger partial charge is 0.329 e. The Labute approximate surface area is 250 Å². The van der Waals surface area contributed by atoms with Gasteiger partial charge in [-0.1, -0.05) is 36.4 Å². The fraction of sp³-hybridized carbons (Fsp3) is 0.529. The van der Waals surface area contributed by atoms with E-state index >= 15 is 0 Å². The molecular formula is C34H36N2O7. The van der Waals surface area contributed by atoms with Crippen molar-refractivity contribution in [1.82, 2.24) is 9.80 Å². The summed E-state index contributed by atoms with van der Waals surface area (Å²) in [5, 5.41) is 0. The molecule has 224 valence electrons. The second-order valence-electron chi connectivity index (χ2n) is 13.2. The predicted octanol–water partition coefficient (Wildman–Crippen LogP) is 3.18. The third-order valence-corrected chi connectivity index (χ3v) is 10.9. The Bertz CT molecular complexity index is 1450. The van der Waals surface area contributed by atoms with Gasteiger partial charge in [0.15, 0.2) is 12.4 Å². The van der Waals surface area contributed by atoms with Crippen LogP contribution < -0.4 is 0 Å². The van der Waals surface area contributed by atoms with E-state index in [1.165, 1.54) is 4.90 Å². The van der Waals surface area contributed by atoms with E-state index in [1.54, 1.807) is 12.1 Å². The van der Waals surface area contributed by atoms with Gasteiger partial charge in [-0.15, -0.1) is 0 Å². The number of rotatable bonds is 10. The zero-order valence-corrected chi connectivity index (χ0v) is 24.4. The van der Waals surface area contributed by atoms with Gasteiger partial charge in [0.2, 0.25) is 23.6 Å². The molecule has 2 heterocycles. The van der Waals surface area contributed by atoms with Crippen LogP contribution in [0.1, 0.15) is 53.6 Å². The highest BCUT2D eigenvalue weighted by Gasteiger charge is 2.61. The molecule has 7 rings (SSSR count). The van der Waals surface area contributed by atoms with Crippen molar-refractivity contribution < 1.29 is 33.5 Å². The molecule has 1 aromatic rings. The highest BCUT2D eigenvalue weighted by molar-refractivity contribution is 6.09. The number of amides is 4. The van der Waals surface area contributed by atoms with Gasteiger partial charge in [-0.25, -0.2) is 4.79 Å². The second kappa shape index (κ2) is 10.4. The van der Waals surface area contributed by atoms with E-state index in [-0.39, 0.29) is 77.9 Å². The van der Waals surface area contributed by atoms with E-state index in [0.717, 1.165) is 28.9 Å². The number of Topliss-reactive ketones (excluding diaryl/α,β-unsaturated/α-hetero) is 1. The second-order valence-corrected chi connectivity index (χ2v) is 13.2. The van der Waals surface area contributed by atoms with Crippen molar-refractivity contribution in [3.05, 3.63) is 59.2 Å². The van der Waals surface area contributed by atoms with Crippen LogP contribution in [0, 0.1) is 61.2 Å². The Morgan fingerprint density at radius 2 is 1.30 bits per heavy atom. The molecule has 0 aromatic heterocycles. The molecule has 6 aliphatic rings. The standard InChI is InChI=1S/C34H36N2O7/c1-17-6-7-19(13-18(17)2)25(37)16-43-34(42)24(36-32(40)28-22-10-11-23(15-22)29(28)33(36)41)5-3-4-12-35-30(38)26-20-8-9-21(14-20)27(26)31(35)39/h6-11,13,20-24,26-29H,3-5,12,14-16H2,1-2H3. The van der Waals surface area contributed by atoms with Crippen molar-refractivity contribution in [1.29, 1.82) is 0 Å². The van der Waals surface area contributed by atoms with Gasteiger partial charge >= 0.3 is 5.97 Å². The van der Waals surface area contributed by atoms with Crippen molar-refractivity contribution in [3.63, 3.8) is 0 Å². The number of ether oxygens (including phenoxy) is 1. The van der Waals surface area contributed by atoms with E-state index < -0.39 is 30.5 Å². The summed E-state index contributed by atoms with van der Waals surface area (Å²) < 4.78 is 5.46. The molecule has 4 bridgehead atoms. The lowest BCUT2D eigenvalue weighted by Crippen LogP contribution is -2.47. The number of ketones is 1. The summed E-state index contributed by atoms with van der Waals surface area (Å²) in [6.45, 7) is 3.58. The van der Waals surface area contributed by atoms with Crippen molar-refractivity contribution in [2.75, 3.05) is 13.2 Å². The van der Waals surface area contributed by atoms with Crippen LogP contribution in [0.2, 0.25) is 0 Å². The quantitative estimate of drug-likeness (QED) is 0.136. The molecule has 0 N–H and O–H groups in total. The van der Waals surface area contributed by atoms with Gasteiger partial charge < -0.3 is 4.74 Å². The van der Waals surface area contributed by atoms with Crippen LogP contribution in [0.25, 0.3) is 0 Å². The number of carbonyl (C=O) groups is 6. The fourth-order valence-electron chi connectivity index (χ4n) is 8.61. The Morgan fingerprint density at radius 1 is 0.767 bits per heavy atom. The first-order valence-electron chi connectivity index (χ1n) is 15.5. The zero-order chi connectivity index (χ0) is 30.2. The lowest BCUT2D eigenvalue weighted by molar-refractivity contribution is -0.159. The average Bonchev–Trinajstić information content (AvgIpc) is 3.84. The highest BCUT2D eigenvalue weighted by Crippen LogP contribution is 2.54. The molecule has 0 radical (unpaired) electrons. The number of unbranched alkanes of at least 4 members (excludes halogenated alkanes) is 1. The summed E-state index contributed by atoms with van der Waals surface area (Å²) >= 11 is 0. The van der Waals surface area contributed by atoms with Crippen molar-refractivity contribution in [2.45, 2.75) is 52.0 Å². The van der Waals surface area contributed by atoms with Gasteiger partial charge in [-0.05, 0) is 86.8 Å². The van der Waals surface area contributed by atoms with E-state index in [9.17, 15) is 28.8 Å². The van der Waals surface area contributed by atoms with Gasteiger partial charge in [0.25, 0.3) is 0 Å². The first-order valence-corrected chi connectivity index (χ1v) is 15.5. The van der Waals surface area contributed by atoms with Gasteiger partial charge in [0.05, 0.1) is 23.7 Å². The molecule has 4 amide bonds. The number of nitrogens with zero attached hydrogens (tertiary/aromatic N) is 2. The lowest BCUT2D eigenvalue weighted by atomic mass is 9.85. The van der Waals surface area contributed by atoms with E-state index in [1.807, 2.05) is 32.1 Å². The van der Waals surface area contributed by atoms with Gasteiger partial charge in [0.1, 0.15) is 6.04 Å². The van der Waals surface area contributed by atoms with Crippen molar-refractivity contribution >= 4 is 35.4 Å². The van der Waals surface area contributed by atoms with Crippen LogP contribution in [0.5, 0.6) is 0 Å². The van der Waals surface area contributed by atoms with Crippen LogP contribution in [0.3, 0.4) is 0 Å². The number of fused-ring (bicyclic) bond motifs is 10. The molecule has 9 heteroatoms. The maximum Gasteiger partial charge on any atom is 0.329 e. The Kier molecular flexibility index (Phi) is 6.74. The lowest BCUT2D eigenvalue weighted by Gasteiger charge is -2.26. The number of hydrogen-bond acceptors (Lipinski definition) is 7. The Morgan fingerprint density at radius 3 is 1.84 bits per heavy atom. The number of imide groups is 2. The number of esters is 1. The van der Waals surface area contributed by atoms with Crippen LogP contribution in [0.15, 0.2) is 42.5 Å². The van der Waals surface area contributed by atoms with Crippen molar-refractivity contribution in [2.24, 2.45) is 47.3 Å². The maximum absolute atomic E-state index is 13.6. The summed E-state index contributed by atoms with van der Waals surface area (Å²) in [5.41, 5.74) is 2.41. The minimum Gasteiger partial charge on any atom is -0.456 e. The Hall–Kier alpha value is -3.88. The van der Waals surface area contributed by atoms with Gasteiger partial charge in [-0.2, -0.15) is 0 Å². The van der Waals surface area contributed by atoms with Crippen LogP contribution in [0.4, 0.5) is 0 Å². The van der Waals surface area contributed by atoms with Gasteiger partial charge in [0, 0.05) is 12.1 Å². The third kappa shape index (κ3) is 4.33. The number of carbonyl (C=O) groups excluding carboxylic acids is 6. The number of benzene rings is 1. The summed E-state index contributed by atoms with van der Waals surface area (Å²) in [4.78, 5) is 82.0. The van der Waals surface area contributed by atoms with Crippen molar-refractivity contribution in [3.8, 4) is 0 Å². The molecular weight excluding hydrogens is 548 g/mol. The summed E-state index contributed by atoms with van der Waals surface area (Å²) in [6, 6.07) is 4.10. The number of allylic oxidation sites excluding steroid dienone is 4. The van der Waals surface area contributed by atoms with E-state index in [0.29, 0.717) is 18.4 Å². The first-order chi connectivity index (χ1) is 20.7.